The number of hydrogen-bond acceptors (Lipinski definition) is 3. The molecule has 2 amide bonds. The van der Waals surface area contributed by atoms with Crippen LogP contribution in [-0.4, -0.2) is 27.0 Å². The molecule has 1 aromatic heterocycles. The molecule has 200 valence electrons. The van der Waals surface area contributed by atoms with Gasteiger partial charge in [0.2, 0.25) is 0 Å². The predicted molar refractivity (Wildman–Crippen MR) is 155 cm³/mol. The minimum absolute atomic E-state index is 0.151. The lowest BCUT2D eigenvalue weighted by atomic mass is 9.92. The number of nitrogens with zero attached hydrogens (tertiary/aromatic N) is 3. The fourth-order valence-electron chi connectivity index (χ4n) is 4.83. The lowest BCUT2D eigenvalue weighted by Gasteiger charge is -2.31. The second kappa shape index (κ2) is 12.6. The van der Waals surface area contributed by atoms with Crippen LogP contribution in [0.25, 0.3) is 10.9 Å². The van der Waals surface area contributed by atoms with Gasteiger partial charge in [0, 0.05) is 24.3 Å². The Hall–Kier alpha value is -2.86. The highest BCUT2D eigenvalue weighted by atomic mass is 35.5. The number of aromatic nitrogens is 2. The van der Waals surface area contributed by atoms with Crippen LogP contribution in [0, 0.1) is 0 Å². The van der Waals surface area contributed by atoms with Crippen LogP contribution in [0.4, 0.5) is 10.5 Å². The number of anilines is 1. The zero-order valence-electron chi connectivity index (χ0n) is 23.3. The molecule has 0 aliphatic heterocycles. The van der Waals surface area contributed by atoms with E-state index in [0.29, 0.717) is 28.3 Å². The Morgan fingerprint density at radius 2 is 1.68 bits per heavy atom. The maximum atomic E-state index is 13.9. The second-order valence-electron chi connectivity index (χ2n) is 10.5. The van der Waals surface area contributed by atoms with Gasteiger partial charge in [-0.05, 0) is 54.5 Å². The van der Waals surface area contributed by atoms with Gasteiger partial charge in [-0.1, -0.05) is 83.7 Å². The number of hydrogen-bond donors (Lipinski definition) is 1. The molecule has 0 saturated carbocycles. The van der Waals surface area contributed by atoms with E-state index in [1.165, 1.54) is 0 Å². The summed E-state index contributed by atoms with van der Waals surface area (Å²) >= 11 is 6.20. The average Bonchev–Trinajstić information content (AvgIpc) is 2.85. The van der Waals surface area contributed by atoms with Crippen molar-refractivity contribution in [2.45, 2.75) is 85.1 Å². The maximum absolute atomic E-state index is 13.9. The number of halogens is 1. The third kappa shape index (κ3) is 6.53. The summed E-state index contributed by atoms with van der Waals surface area (Å²) in [5.74, 6) is 1.06. The van der Waals surface area contributed by atoms with Crippen LogP contribution >= 0.6 is 11.6 Å². The Morgan fingerprint density at radius 1 is 1.03 bits per heavy atom. The molecular weight excluding hydrogens is 484 g/mol. The molecule has 6 nitrogen and oxygen atoms in total. The Bertz CT molecular complexity index is 1270. The molecule has 7 heteroatoms. The molecule has 0 saturated heterocycles. The van der Waals surface area contributed by atoms with Crippen molar-refractivity contribution in [3.63, 3.8) is 0 Å². The number of urea groups is 1. The molecule has 0 bridgehead atoms. The van der Waals surface area contributed by atoms with Gasteiger partial charge in [-0.3, -0.25) is 9.36 Å². The van der Waals surface area contributed by atoms with Gasteiger partial charge in [0.1, 0.15) is 5.82 Å². The Morgan fingerprint density at radius 3 is 2.27 bits per heavy atom. The van der Waals surface area contributed by atoms with Crippen LogP contribution in [0.15, 0.2) is 41.2 Å². The molecule has 1 N–H and O–H groups in total. The largest absolute Gasteiger partial charge is 0.322 e. The van der Waals surface area contributed by atoms with Crippen molar-refractivity contribution in [1.82, 2.24) is 14.5 Å². The molecule has 0 fully saturated rings. The molecular formula is C30H41ClN4O2. The molecule has 1 atom stereocenters. The smallest absolute Gasteiger partial charge is 0.315 e. The van der Waals surface area contributed by atoms with E-state index in [-0.39, 0.29) is 23.4 Å². The number of carbonyl (C=O) groups excluding carboxylic acids is 1. The summed E-state index contributed by atoms with van der Waals surface area (Å²) < 4.78 is 1.55. The molecule has 2 aromatic carbocycles. The van der Waals surface area contributed by atoms with Crippen LogP contribution in [0.3, 0.4) is 0 Å². The summed E-state index contributed by atoms with van der Waals surface area (Å²) in [6.45, 7) is 13.2. The second-order valence-corrected chi connectivity index (χ2v) is 10.9. The maximum Gasteiger partial charge on any atom is 0.322 e. The normalized spacial score (nSPS) is 12.4. The predicted octanol–water partition coefficient (Wildman–Crippen LogP) is 8.01. The highest BCUT2D eigenvalue weighted by molar-refractivity contribution is 6.31. The van der Waals surface area contributed by atoms with Crippen LogP contribution in [0.5, 0.6) is 0 Å². The molecule has 3 aromatic rings. The molecule has 0 aliphatic carbocycles. The summed E-state index contributed by atoms with van der Waals surface area (Å²) in [6, 6.07) is 10.7. The monoisotopic (exact) mass is 524 g/mol. The van der Waals surface area contributed by atoms with Crippen molar-refractivity contribution in [3.8, 4) is 0 Å². The molecule has 1 unspecified atom stereocenters. The molecule has 3 rings (SSSR count). The third-order valence-electron chi connectivity index (χ3n) is 7.03. The highest BCUT2D eigenvalue weighted by Crippen LogP contribution is 2.33. The number of para-hydroxylation sites is 1. The van der Waals surface area contributed by atoms with E-state index in [1.807, 2.05) is 11.8 Å². The summed E-state index contributed by atoms with van der Waals surface area (Å²) in [6.07, 6.45) is 4.14. The van der Waals surface area contributed by atoms with Gasteiger partial charge in [0.15, 0.2) is 0 Å². The third-order valence-corrected chi connectivity index (χ3v) is 7.27. The molecule has 37 heavy (non-hydrogen) atoms. The van der Waals surface area contributed by atoms with E-state index in [0.717, 1.165) is 42.5 Å². The molecule has 0 aliphatic rings. The first-order valence-corrected chi connectivity index (χ1v) is 13.8. The number of carbonyl (C=O) groups is 1. The Kier molecular flexibility index (Phi) is 9.77. The van der Waals surface area contributed by atoms with E-state index in [4.69, 9.17) is 16.6 Å². The first kappa shape index (κ1) is 28.7. The fourth-order valence-corrected chi connectivity index (χ4v) is 4.99. The minimum atomic E-state index is -0.420. The van der Waals surface area contributed by atoms with Gasteiger partial charge in [0.25, 0.3) is 5.56 Å². The van der Waals surface area contributed by atoms with Gasteiger partial charge < -0.3 is 10.2 Å². The first-order valence-electron chi connectivity index (χ1n) is 13.4. The number of unbranched alkanes of at least 4 members (excludes halogenated alkanes) is 3. The zero-order chi connectivity index (χ0) is 27.3. The van der Waals surface area contributed by atoms with Crippen molar-refractivity contribution in [3.05, 3.63) is 68.7 Å². The number of nitrogens with one attached hydrogen (secondary N) is 1. The van der Waals surface area contributed by atoms with Crippen molar-refractivity contribution < 1.29 is 4.79 Å². The number of benzene rings is 2. The quantitative estimate of drug-likeness (QED) is 0.273. The van der Waals surface area contributed by atoms with Gasteiger partial charge >= 0.3 is 6.03 Å². The summed E-state index contributed by atoms with van der Waals surface area (Å²) in [4.78, 5) is 33.7. The van der Waals surface area contributed by atoms with Crippen molar-refractivity contribution in [1.29, 1.82) is 0 Å². The molecule has 1 heterocycles. The van der Waals surface area contributed by atoms with E-state index in [9.17, 15) is 9.59 Å². The molecule has 0 radical (unpaired) electrons. The lowest BCUT2D eigenvalue weighted by molar-refractivity contribution is 0.187. The van der Waals surface area contributed by atoms with E-state index in [2.05, 4.69) is 58.1 Å². The fraction of sp³-hybridized carbons (Fsp3) is 0.500. The Balaban J connectivity index is 2.04. The first-order chi connectivity index (χ1) is 17.6. The van der Waals surface area contributed by atoms with Gasteiger partial charge in [-0.15, -0.1) is 0 Å². The van der Waals surface area contributed by atoms with Crippen LogP contribution < -0.4 is 10.9 Å². The highest BCUT2D eigenvalue weighted by Gasteiger charge is 2.27. The average molecular weight is 525 g/mol. The van der Waals surface area contributed by atoms with Gasteiger partial charge in [0.05, 0.1) is 16.9 Å². The number of amides is 2. The number of rotatable bonds is 10. The topological polar surface area (TPSA) is 67.2 Å². The van der Waals surface area contributed by atoms with E-state index < -0.39 is 6.04 Å². The summed E-state index contributed by atoms with van der Waals surface area (Å²) in [7, 11) is 1.72. The van der Waals surface area contributed by atoms with E-state index in [1.54, 1.807) is 29.8 Å². The van der Waals surface area contributed by atoms with Crippen LogP contribution in [-0.2, 0) is 7.05 Å². The van der Waals surface area contributed by atoms with Crippen molar-refractivity contribution in [2.75, 3.05) is 11.9 Å². The van der Waals surface area contributed by atoms with Crippen molar-refractivity contribution >= 4 is 34.2 Å². The standard InChI is InChI=1S/C30H41ClN4O2/c1-8-9-10-11-17-35(30(37)33-27-23(19(2)3)13-12-14-24(27)20(4)5)21(6)28-32-26-18-22(31)15-16-25(26)29(36)34(28)7/h12-16,18-21H,8-11,17H2,1-7H3,(H,33,37). The summed E-state index contributed by atoms with van der Waals surface area (Å²) in [5.41, 5.74) is 3.50. The van der Waals surface area contributed by atoms with Gasteiger partial charge in [-0.25, -0.2) is 9.78 Å². The SMILES string of the molecule is CCCCCCN(C(=O)Nc1c(C(C)C)cccc1C(C)C)C(C)c1nc2cc(Cl)ccc2c(=O)n1C. The zero-order valence-corrected chi connectivity index (χ0v) is 24.0. The Labute approximate surface area is 226 Å². The van der Waals surface area contributed by atoms with Gasteiger partial charge in [-0.2, -0.15) is 0 Å². The van der Waals surface area contributed by atoms with Crippen LogP contribution in [0.1, 0.15) is 102 Å². The molecule has 0 spiro atoms. The summed E-state index contributed by atoms with van der Waals surface area (Å²) in [5, 5.41) is 4.29. The van der Waals surface area contributed by atoms with Crippen LogP contribution in [0.2, 0.25) is 5.02 Å². The number of fused-ring (bicyclic) bond motifs is 1. The van der Waals surface area contributed by atoms with Crippen molar-refractivity contribution in [2.24, 2.45) is 7.05 Å². The lowest BCUT2D eigenvalue weighted by Crippen LogP contribution is -2.40. The minimum Gasteiger partial charge on any atom is -0.315 e. The van der Waals surface area contributed by atoms with E-state index >= 15 is 0 Å².